The summed E-state index contributed by atoms with van der Waals surface area (Å²) in [7, 11) is 0.700. The third kappa shape index (κ3) is 4.50. The molecule has 1 amide bonds. The summed E-state index contributed by atoms with van der Waals surface area (Å²) in [5.41, 5.74) is 0.558. The lowest BCUT2D eigenvalue weighted by atomic mass is 10.1. The summed E-state index contributed by atoms with van der Waals surface area (Å²) in [6.45, 7) is 1.25. The Kier molecular flexibility index (Phi) is 6.80. The van der Waals surface area contributed by atoms with Crippen molar-refractivity contribution in [2.75, 3.05) is 52.9 Å². The van der Waals surface area contributed by atoms with Gasteiger partial charge in [-0.2, -0.15) is 4.31 Å². The van der Waals surface area contributed by atoms with Crippen LogP contribution in [0.2, 0.25) is 0 Å². The number of nitrogens with zero attached hydrogens (tertiary/aromatic N) is 1. The van der Waals surface area contributed by atoms with Crippen molar-refractivity contribution < 1.29 is 32.2 Å². The van der Waals surface area contributed by atoms with Crippen LogP contribution in [-0.2, 0) is 14.8 Å². The van der Waals surface area contributed by atoms with Crippen LogP contribution in [0.5, 0.6) is 17.2 Å². The maximum atomic E-state index is 12.9. The van der Waals surface area contributed by atoms with Crippen LogP contribution >= 0.6 is 0 Å². The van der Waals surface area contributed by atoms with E-state index in [1.807, 2.05) is 0 Å². The second-order valence-corrected chi connectivity index (χ2v) is 8.34. The lowest BCUT2D eigenvalue weighted by Gasteiger charge is -2.26. The van der Waals surface area contributed by atoms with Gasteiger partial charge in [-0.05, 0) is 36.4 Å². The van der Waals surface area contributed by atoms with Crippen LogP contribution in [0.15, 0.2) is 41.3 Å². The predicted octanol–water partition coefficient (Wildman–Crippen LogP) is 1.99. The Labute approximate surface area is 175 Å². The molecule has 0 saturated carbocycles. The fraction of sp³-hybridized carbons (Fsp3) is 0.350. The predicted molar refractivity (Wildman–Crippen MR) is 110 cm³/mol. The van der Waals surface area contributed by atoms with Crippen LogP contribution in [0.25, 0.3) is 0 Å². The van der Waals surface area contributed by atoms with Crippen LogP contribution in [0.1, 0.15) is 10.4 Å². The van der Waals surface area contributed by atoms with E-state index in [0.717, 1.165) is 0 Å². The Bertz CT molecular complexity index is 1020. The third-order valence-electron chi connectivity index (χ3n) is 4.67. The fourth-order valence-electron chi connectivity index (χ4n) is 3.05. The van der Waals surface area contributed by atoms with E-state index in [9.17, 15) is 13.2 Å². The molecule has 1 fully saturated rings. The van der Waals surface area contributed by atoms with Crippen molar-refractivity contribution in [1.29, 1.82) is 0 Å². The maximum absolute atomic E-state index is 12.9. The Morgan fingerprint density at radius 3 is 2.20 bits per heavy atom. The highest BCUT2D eigenvalue weighted by Gasteiger charge is 2.27. The molecule has 0 unspecified atom stereocenters. The molecule has 0 spiro atoms. The average Bonchev–Trinajstić information content (AvgIpc) is 2.79. The molecule has 0 aliphatic carbocycles. The van der Waals surface area contributed by atoms with Crippen molar-refractivity contribution in [3.63, 3.8) is 0 Å². The number of benzene rings is 2. The highest BCUT2D eigenvalue weighted by molar-refractivity contribution is 7.89. The molecule has 9 nitrogen and oxygen atoms in total. The Balaban J connectivity index is 1.90. The molecular weight excluding hydrogens is 412 g/mol. The van der Waals surface area contributed by atoms with E-state index in [0.29, 0.717) is 36.0 Å². The van der Waals surface area contributed by atoms with E-state index in [1.54, 1.807) is 12.1 Å². The highest BCUT2D eigenvalue weighted by Crippen LogP contribution is 2.31. The van der Waals surface area contributed by atoms with Crippen molar-refractivity contribution in [3.8, 4) is 17.2 Å². The molecule has 0 bridgehead atoms. The summed E-state index contributed by atoms with van der Waals surface area (Å²) in [4.78, 5) is 12.8. The normalized spacial score (nSPS) is 14.8. The summed E-state index contributed by atoms with van der Waals surface area (Å²) in [6.07, 6.45) is 0. The molecule has 0 aromatic heterocycles. The number of amides is 1. The number of ether oxygens (including phenoxy) is 4. The minimum absolute atomic E-state index is 0.0628. The van der Waals surface area contributed by atoms with Crippen molar-refractivity contribution in [2.24, 2.45) is 0 Å². The third-order valence-corrected chi connectivity index (χ3v) is 6.57. The molecule has 1 heterocycles. The van der Waals surface area contributed by atoms with Crippen LogP contribution in [0.4, 0.5) is 5.69 Å². The molecule has 1 saturated heterocycles. The van der Waals surface area contributed by atoms with E-state index in [2.05, 4.69) is 5.32 Å². The number of hydrogen-bond donors (Lipinski definition) is 1. The standard InChI is InChI=1S/C20H24N2O7S/c1-26-17-7-5-15(30(24,25)22-8-10-29-11-9-22)13-16(17)21-20(23)14-4-6-18(27-2)19(12-14)28-3/h4-7,12-13H,8-11H2,1-3H3,(H,21,23). The number of morpholine rings is 1. The summed E-state index contributed by atoms with van der Waals surface area (Å²) >= 11 is 0. The number of rotatable bonds is 7. The monoisotopic (exact) mass is 436 g/mol. The van der Waals surface area contributed by atoms with Crippen molar-refractivity contribution in [1.82, 2.24) is 4.31 Å². The zero-order valence-electron chi connectivity index (χ0n) is 17.0. The molecule has 162 valence electrons. The van der Waals surface area contributed by atoms with Crippen LogP contribution in [0, 0.1) is 0 Å². The second-order valence-electron chi connectivity index (χ2n) is 6.40. The molecule has 2 aromatic carbocycles. The summed E-state index contributed by atoms with van der Waals surface area (Å²) in [5, 5.41) is 2.71. The van der Waals surface area contributed by atoms with E-state index in [1.165, 1.54) is 49.9 Å². The largest absolute Gasteiger partial charge is 0.495 e. The first-order valence-electron chi connectivity index (χ1n) is 9.20. The molecule has 30 heavy (non-hydrogen) atoms. The molecule has 3 rings (SSSR count). The van der Waals surface area contributed by atoms with Gasteiger partial charge in [0.25, 0.3) is 5.91 Å². The zero-order chi connectivity index (χ0) is 21.7. The maximum Gasteiger partial charge on any atom is 0.255 e. The van der Waals surface area contributed by atoms with Gasteiger partial charge in [-0.15, -0.1) is 0 Å². The molecule has 1 aliphatic heterocycles. The van der Waals surface area contributed by atoms with E-state index in [-0.39, 0.29) is 23.7 Å². The molecule has 1 aliphatic rings. The van der Waals surface area contributed by atoms with E-state index < -0.39 is 15.9 Å². The van der Waals surface area contributed by atoms with Crippen LogP contribution in [0.3, 0.4) is 0 Å². The van der Waals surface area contributed by atoms with Crippen LogP contribution < -0.4 is 19.5 Å². The minimum atomic E-state index is -3.72. The number of methoxy groups -OCH3 is 3. The number of sulfonamides is 1. The van der Waals surface area contributed by atoms with Crippen molar-refractivity contribution in [3.05, 3.63) is 42.0 Å². The lowest BCUT2D eigenvalue weighted by molar-refractivity contribution is 0.0730. The number of anilines is 1. The number of hydrogen-bond acceptors (Lipinski definition) is 7. The molecule has 10 heteroatoms. The number of carbonyl (C=O) groups excluding carboxylic acids is 1. The molecule has 2 aromatic rings. The zero-order valence-corrected chi connectivity index (χ0v) is 17.8. The smallest absolute Gasteiger partial charge is 0.255 e. The van der Waals surface area contributed by atoms with Gasteiger partial charge in [0.2, 0.25) is 10.0 Å². The van der Waals surface area contributed by atoms with Gasteiger partial charge >= 0.3 is 0 Å². The average molecular weight is 436 g/mol. The van der Waals surface area contributed by atoms with Gasteiger partial charge in [-0.25, -0.2) is 8.42 Å². The fourth-order valence-corrected chi connectivity index (χ4v) is 4.49. The molecule has 1 N–H and O–H groups in total. The molecular formula is C20H24N2O7S. The SMILES string of the molecule is COc1ccc(S(=O)(=O)N2CCOCC2)cc1NC(=O)c1ccc(OC)c(OC)c1. The van der Waals surface area contributed by atoms with Gasteiger partial charge in [0, 0.05) is 18.7 Å². The molecule has 0 radical (unpaired) electrons. The first-order chi connectivity index (χ1) is 14.4. The van der Waals surface area contributed by atoms with Crippen molar-refractivity contribution >= 4 is 21.6 Å². The number of nitrogens with one attached hydrogen (secondary N) is 1. The first-order valence-corrected chi connectivity index (χ1v) is 10.6. The van der Waals surface area contributed by atoms with Crippen molar-refractivity contribution in [2.45, 2.75) is 4.90 Å². The quantitative estimate of drug-likeness (QED) is 0.708. The molecule has 0 atom stereocenters. The van der Waals surface area contributed by atoms with E-state index >= 15 is 0 Å². The summed E-state index contributed by atoms with van der Waals surface area (Å²) < 4.78 is 48.2. The lowest BCUT2D eigenvalue weighted by Crippen LogP contribution is -2.40. The van der Waals surface area contributed by atoms with Gasteiger partial charge in [0.15, 0.2) is 11.5 Å². The Morgan fingerprint density at radius 1 is 0.933 bits per heavy atom. The Morgan fingerprint density at radius 2 is 1.57 bits per heavy atom. The first kappa shape index (κ1) is 21.9. The minimum Gasteiger partial charge on any atom is -0.495 e. The summed E-state index contributed by atoms with van der Waals surface area (Å²) in [5.74, 6) is 0.783. The van der Waals surface area contributed by atoms with Gasteiger partial charge in [0.05, 0.1) is 45.1 Å². The van der Waals surface area contributed by atoms with Gasteiger partial charge in [-0.1, -0.05) is 0 Å². The Hall–Kier alpha value is -2.82. The second kappa shape index (κ2) is 9.33. The van der Waals surface area contributed by atoms with Gasteiger partial charge in [-0.3, -0.25) is 4.79 Å². The van der Waals surface area contributed by atoms with Gasteiger partial charge < -0.3 is 24.3 Å². The van der Waals surface area contributed by atoms with E-state index in [4.69, 9.17) is 18.9 Å². The summed E-state index contributed by atoms with van der Waals surface area (Å²) in [6, 6.07) is 9.09. The van der Waals surface area contributed by atoms with Crippen LogP contribution in [-0.4, -0.2) is 66.3 Å². The topological polar surface area (TPSA) is 103 Å². The highest BCUT2D eigenvalue weighted by atomic mass is 32.2. The number of carbonyl (C=O) groups is 1. The van der Waals surface area contributed by atoms with Gasteiger partial charge in [0.1, 0.15) is 5.75 Å².